The van der Waals surface area contributed by atoms with Crippen molar-refractivity contribution in [3.8, 4) is 0 Å². The highest BCUT2D eigenvalue weighted by atomic mass is 35.5. The smallest absolute Gasteiger partial charge is 0.171 e. The van der Waals surface area contributed by atoms with Crippen LogP contribution in [0.5, 0.6) is 0 Å². The van der Waals surface area contributed by atoms with Crippen molar-refractivity contribution < 1.29 is 0 Å². The highest BCUT2D eigenvalue weighted by molar-refractivity contribution is 6.31. The molecule has 0 saturated heterocycles. The lowest BCUT2D eigenvalue weighted by molar-refractivity contribution is 0.795. The van der Waals surface area contributed by atoms with Crippen LogP contribution in [0.1, 0.15) is 25.3 Å². The molecule has 0 fully saturated rings. The summed E-state index contributed by atoms with van der Waals surface area (Å²) < 4.78 is 0. The van der Waals surface area contributed by atoms with Crippen molar-refractivity contribution >= 4 is 23.1 Å². The molecule has 2 aromatic rings. The Morgan fingerprint density at radius 2 is 1.83 bits per heavy atom. The molecule has 0 atom stereocenters. The SMILES string of the molecule is CCCCc1ccc(Nc2nccnc2Cl)cc1. The lowest BCUT2D eigenvalue weighted by Crippen LogP contribution is -1.95. The minimum absolute atomic E-state index is 0.382. The summed E-state index contributed by atoms with van der Waals surface area (Å²) >= 11 is 5.94. The Morgan fingerprint density at radius 3 is 2.50 bits per heavy atom. The predicted octanol–water partition coefficient (Wildman–Crippen LogP) is 4.22. The normalized spacial score (nSPS) is 10.3. The molecule has 94 valence electrons. The summed E-state index contributed by atoms with van der Waals surface area (Å²) in [6.07, 6.45) is 6.76. The molecule has 0 saturated carbocycles. The molecular weight excluding hydrogens is 246 g/mol. The molecule has 0 radical (unpaired) electrons. The number of anilines is 2. The minimum atomic E-state index is 0.382. The molecule has 0 aliphatic carbocycles. The van der Waals surface area contributed by atoms with Gasteiger partial charge in [-0.05, 0) is 30.5 Å². The van der Waals surface area contributed by atoms with Gasteiger partial charge < -0.3 is 5.32 Å². The fourth-order valence-electron chi connectivity index (χ4n) is 1.68. The third kappa shape index (κ3) is 3.44. The second kappa shape index (κ2) is 6.36. The highest BCUT2D eigenvalue weighted by Crippen LogP contribution is 2.20. The van der Waals surface area contributed by atoms with Crippen molar-refractivity contribution in [2.75, 3.05) is 5.32 Å². The molecule has 18 heavy (non-hydrogen) atoms. The van der Waals surface area contributed by atoms with Crippen molar-refractivity contribution in [3.05, 3.63) is 47.4 Å². The Labute approximate surface area is 112 Å². The van der Waals surface area contributed by atoms with Gasteiger partial charge in [0, 0.05) is 18.1 Å². The first-order valence-electron chi connectivity index (χ1n) is 6.12. The number of benzene rings is 1. The lowest BCUT2D eigenvalue weighted by atomic mass is 10.1. The van der Waals surface area contributed by atoms with Crippen molar-refractivity contribution in [3.63, 3.8) is 0 Å². The van der Waals surface area contributed by atoms with E-state index in [0.717, 1.165) is 12.1 Å². The Bertz CT molecular complexity index is 497. The number of nitrogens with one attached hydrogen (secondary N) is 1. The van der Waals surface area contributed by atoms with Gasteiger partial charge in [0.15, 0.2) is 11.0 Å². The van der Waals surface area contributed by atoms with Crippen LogP contribution in [0.15, 0.2) is 36.7 Å². The third-order valence-electron chi connectivity index (χ3n) is 2.69. The summed E-state index contributed by atoms with van der Waals surface area (Å²) in [6.45, 7) is 2.20. The van der Waals surface area contributed by atoms with Gasteiger partial charge in [-0.1, -0.05) is 37.1 Å². The van der Waals surface area contributed by atoms with Gasteiger partial charge in [-0.25, -0.2) is 9.97 Å². The number of hydrogen-bond acceptors (Lipinski definition) is 3. The van der Waals surface area contributed by atoms with Crippen molar-refractivity contribution in [1.29, 1.82) is 0 Å². The summed E-state index contributed by atoms with van der Waals surface area (Å²) in [6, 6.07) is 8.33. The first-order valence-corrected chi connectivity index (χ1v) is 6.50. The number of aromatic nitrogens is 2. The molecule has 0 aliphatic heterocycles. The zero-order valence-corrected chi connectivity index (χ0v) is 11.1. The molecule has 1 N–H and O–H groups in total. The monoisotopic (exact) mass is 261 g/mol. The van der Waals surface area contributed by atoms with Crippen LogP contribution in [0.3, 0.4) is 0 Å². The van der Waals surface area contributed by atoms with Crippen LogP contribution in [0.4, 0.5) is 11.5 Å². The zero-order chi connectivity index (χ0) is 12.8. The van der Waals surface area contributed by atoms with Gasteiger partial charge in [0.05, 0.1) is 0 Å². The minimum Gasteiger partial charge on any atom is -0.338 e. The maximum absolute atomic E-state index is 5.94. The quantitative estimate of drug-likeness (QED) is 0.876. The van der Waals surface area contributed by atoms with E-state index in [2.05, 4.69) is 34.3 Å². The number of nitrogens with zero attached hydrogens (tertiary/aromatic N) is 2. The standard InChI is InChI=1S/C14H16ClN3/c1-2-3-4-11-5-7-12(8-6-11)18-14-13(15)16-9-10-17-14/h5-10H,2-4H2,1H3,(H,17,18). The molecule has 0 spiro atoms. The summed E-state index contributed by atoms with van der Waals surface area (Å²) in [5, 5.41) is 3.53. The first kappa shape index (κ1) is 12.8. The number of rotatable bonds is 5. The molecule has 4 heteroatoms. The van der Waals surface area contributed by atoms with E-state index in [1.54, 1.807) is 12.4 Å². The zero-order valence-electron chi connectivity index (χ0n) is 10.4. The van der Waals surface area contributed by atoms with E-state index >= 15 is 0 Å². The van der Waals surface area contributed by atoms with Crippen LogP contribution < -0.4 is 5.32 Å². The van der Waals surface area contributed by atoms with E-state index < -0.39 is 0 Å². The van der Waals surface area contributed by atoms with E-state index in [0.29, 0.717) is 11.0 Å². The third-order valence-corrected chi connectivity index (χ3v) is 2.97. The number of aryl methyl sites for hydroxylation is 1. The topological polar surface area (TPSA) is 37.8 Å². The molecule has 1 heterocycles. The maximum atomic E-state index is 5.94. The second-order valence-corrected chi connectivity index (χ2v) is 4.48. The predicted molar refractivity (Wildman–Crippen MR) is 75.4 cm³/mol. The van der Waals surface area contributed by atoms with Crippen LogP contribution in [0.25, 0.3) is 0 Å². The second-order valence-electron chi connectivity index (χ2n) is 4.12. The molecule has 0 aliphatic rings. The Morgan fingerprint density at radius 1 is 1.11 bits per heavy atom. The van der Waals surface area contributed by atoms with Gasteiger partial charge in [-0.3, -0.25) is 0 Å². The number of unbranched alkanes of at least 4 members (excludes halogenated alkanes) is 1. The van der Waals surface area contributed by atoms with E-state index in [1.807, 2.05) is 12.1 Å². The van der Waals surface area contributed by atoms with E-state index in [4.69, 9.17) is 11.6 Å². The van der Waals surface area contributed by atoms with Crippen LogP contribution in [0.2, 0.25) is 5.15 Å². The van der Waals surface area contributed by atoms with Crippen LogP contribution in [-0.2, 0) is 6.42 Å². The Hall–Kier alpha value is -1.61. The molecule has 3 nitrogen and oxygen atoms in total. The summed E-state index contributed by atoms with van der Waals surface area (Å²) in [5.74, 6) is 0.584. The van der Waals surface area contributed by atoms with Gasteiger partial charge >= 0.3 is 0 Å². The van der Waals surface area contributed by atoms with E-state index in [1.165, 1.54) is 18.4 Å². The molecule has 0 amide bonds. The van der Waals surface area contributed by atoms with Crippen molar-refractivity contribution in [1.82, 2.24) is 9.97 Å². The summed E-state index contributed by atoms with van der Waals surface area (Å²) in [7, 11) is 0. The highest BCUT2D eigenvalue weighted by Gasteiger charge is 2.02. The molecule has 0 bridgehead atoms. The van der Waals surface area contributed by atoms with Crippen molar-refractivity contribution in [2.24, 2.45) is 0 Å². The van der Waals surface area contributed by atoms with Gasteiger partial charge in [0.1, 0.15) is 0 Å². The average molecular weight is 262 g/mol. The summed E-state index contributed by atoms with van der Waals surface area (Å²) in [4.78, 5) is 8.11. The fraction of sp³-hybridized carbons (Fsp3) is 0.286. The summed E-state index contributed by atoms with van der Waals surface area (Å²) in [5.41, 5.74) is 2.32. The first-order chi connectivity index (χ1) is 8.79. The Balaban J connectivity index is 2.04. The lowest BCUT2D eigenvalue weighted by Gasteiger charge is -2.07. The largest absolute Gasteiger partial charge is 0.338 e. The maximum Gasteiger partial charge on any atom is 0.171 e. The van der Waals surface area contributed by atoms with E-state index in [9.17, 15) is 0 Å². The van der Waals surface area contributed by atoms with Gasteiger partial charge in [0.25, 0.3) is 0 Å². The number of hydrogen-bond donors (Lipinski definition) is 1. The van der Waals surface area contributed by atoms with E-state index in [-0.39, 0.29) is 0 Å². The molecule has 1 aromatic heterocycles. The average Bonchev–Trinajstić information content (AvgIpc) is 2.41. The van der Waals surface area contributed by atoms with Crippen LogP contribution in [-0.4, -0.2) is 9.97 Å². The molecule has 2 rings (SSSR count). The van der Waals surface area contributed by atoms with Gasteiger partial charge in [0.2, 0.25) is 0 Å². The number of halogens is 1. The van der Waals surface area contributed by atoms with Crippen LogP contribution in [0, 0.1) is 0 Å². The Kier molecular flexibility index (Phi) is 4.53. The molecule has 0 unspecified atom stereocenters. The molecule has 1 aromatic carbocycles. The van der Waals surface area contributed by atoms with Crippen LogP contribution >= 0.6 is 11.6 Å². The fourth-order valence-corrected chi connectivity index (χ4v) is 1.83. The molecular formula is C14H16ClN3. The van der Waals surface area contributed by atoms with Crippen molar-refractivity contribution in [2.45, 2.75) is 26.2 Å². The van der Waals surface area contributed by atoms with Gasteiger partial charge in [-0.15, -0.1) is 0 Å². The van der Waals surface area contributed by atoms with Gasteiger partial charge in [-0.2, -0.15) is 0 Å².